The van der Waals surface area contributed by atoms with E-state index in [1.807, 2.05) is 36.9 Å². The summed E-state index contributed by atoms with van der Waals surface area (Å²) in [5, 5.41) is 8.99. The molecule has 1 aliphatic heterocycles. The summed E-state index contributed by atoms with van der Waals surface area (Å²) in [6.45, 7) is 2.92. The summed E-state index contributed by atoms with van der Waals surface area (Å²) >= 11 is 8.36. The van der Waals surface area contributed by atoms with Crippen molar-refractivity contribution in [2.75, 3.05) is 11.5 Å². The van der Waals surface area contributed by atoms with Crippen LogP contribution in [0.15, 0.2) is 18.2 Å². The van der Waals surface area contributed by atoms with Crippen molar-refractivity contribution >= 4 is 34.4 Å². The van der Waals surface area contributed by atoms with Gasteiger partial charge in [0.2, 0.25) is 0 Å². The molecule has 5 heteroatoms. The number of aromatic nitrogens is 2. The number of hydrogen-bond donors (Lipinski definition) is 0. The van der Waals surface area contributed by atoms with E-state index in [-0.39, 0.29) is 5.38 Å². The third kappa shape index (κ3) is 3.04. The Labute approximate surface area is 134 Å². The highest BCUT2D eigenvalue weighted by molar-refractivity contribution is 7.99. The zero-order valence-electron chi connectivity index (χ0n) is 12.1. The van der Waals surface area contributed by atoms with Gasteiger partial charge >= 0.3 is 0 Å². The molecule has 0 N–H and O–H groups in total. The number of alkyl halides is 1. The molecular weight excluding hydrogens is 302 g/mol. The Hall–Kier alpha value is -1.18. The number of rotatable bonds is 3. The first-order valence-corrected chi connectivity index (χ1v) is 8.90. The second kappa shape index (κ2) is 6.29. The lowest BCUT2D eigenvalue weighted by Crippen LogP contribution is -2.18. The number of nitriles is 1. The van der Waals surface area contributed by atoms with Crippen LogP contribution in [0.5, 0.6) is 0 Å². The highest BCUT2D eigenvalue weighted by atomic mass is 35.5. The molecule has 0 saturated carbocycles. The van der Waals surface area contributed by atoms with Crippen molar-refractivity contribution < 1.29 is 0 Å². The molecule has 1 atom stereocenters. The Bertz CT molecular complexity index is 681. The molecule has 0 spiro atoms. The molecule has 2 heterocycles. The molecule has 110 valence electrons. The number of fused-ring (bicyclic) bond motifs is 1. The van der Waals surface area contributed by atoms with Gasteiger partial charge in [-0.3, -0.25) is 0 Å². The molecule has 1 aliphatic rings. The van der Waals surface area contributed by atoms with Crippen molar-refractivity contribution in [1.29, 1.82) is 5.26 Å². The summed E-state index contributed by atoms with van der Waals surface area (Å²) in [4.78, 5) is 4.67. The number of halogens is 1. The lowest BCUT2D eigenvalue weighted by Gasteiger charge is -2.23. The number of hydrogen-bond acceptors (Lipinski definition) is 3. The second-order valence-electron chi connectivity index (χ2n) is 5.57. The van der Waals surface area contributed by atoms with Crippen LogP contribution in [0, 0.1) is 17.2 Å². The zero-order chi connectivity index (χ0) is 14.8. The summed E-state index contributed by atoms with van der Waals surface area (Å²) in [7, 11) is 0. The van der Waals surface area contributed by atoms with E-state index >= 15 is 0 Å². The molecule has 3 rings (SSSR count). The third-order valence-electron chi connectivity index (χ3n) is 4.04. The largest absolute Gasteiger partial charge is 0.326 e. The van der Waals surface area contributed by atoms with Gasteiger partial charge < -0.3 is 4.57 Å². The van der Waals surface area contributed by atoms with Crippen LogP contribution >= 0.6 is 23.4 Å². The van der Waals surface area contributed by atoms with E-state index in [1.165, 1.54) is 24.3 Å². The number of benzene rings is 1. The van der Waals surface area contributed by atoms with E-state index in [0.29, 0.717) is 11.5 Å². The van der Waals surface area contributed by atoms with E-state index in [2.05, 4.69) is 15.6 Å². The third-order valence-corrected chi connectivity index (χ3v) is 5.29. The fourth-order valence-corrected chi connectivity index (χ4v) is 4.26. The van der Waals surface area contributed by atoms with Crippen molar-refractivity contribution in [1.82, 2.24) is 9.55 Å². The fraction of sp³-hybridized carbons (Fsp3) is 0.500. The van der Waals surface area contributed by atoms with E-state index in [0.717, 1.165) is 23.4 Å². The normalized spacial score (nSPS) is 17.8. The van der Waals surface area contributed by atoms with Gasteiger partial charge in [0.1, 0.15) is 5.82 Å². The van der Waals surface area contributed by atoms with Crippen LogP contribution in [-0.2, 0) is 6.54 Å². The fourth-order valence-electron chi connectivity index (χ4n) is 2.89. The molecule has 3 nitrogen and oxygen atoms in total. The van der Waals surface area contributed by atoms with Crippen molar-refractivity contribution in [2.24, 2.45) is 5.92 Å². The SMILES string of the molecule is CC(Cl)c1nc2ccc(C#N)cc2n1CC1CCSCC1. The van der Waals surface area contributed by atoms with Gasteiger partial charge in [-0.1, -0.05) is 0 Å². The molecule has 0 aliphatic carbocycles. The van der Waals surface area contributed by atoms with E-state index in [4.69, 9.17) is 16.9 Å². The van der Waals surface area contributed by atoms with Crippen LogP contribution in [0.3, 0.4) is 0 Å². The maximum atomic E-state index is 9.12. The van der Waals surface area contributed by atoms with Gasteiger partial charge in [-0.25, -0.2) is 4.98 Å². The van der Waals surface area contributed by atoms with E-state index in [9.17, 15) is 0 Å². The monoisotopic (exact) mass is 319 g/mol. The van der Waals surface area contributed by atoms with Gasteiger partial charge in [0, 0.05) is 6.54 Å². The van der Waals surface area contributed by atoms with Crippen molar-refractivity contribution in [3.8, 4) is 6.07 Å². The summed E-state index contributed by atoms with van der Waals surface area (Å²) in [6, 6.07) is 7.88. The Kier molecular flexibility index (Phi) is 4.42. The van der Waals surface area contributed by atoms with Crippen LogP contribution in [0.4, 0.5) is 0 Å². The van der Waals surface area contributed by atoms with Crippen LogP contribution in [0.2, 0.25) is 0 Å². The Morgan fingerprint density at radius 1 is 1.48 bits per heavy atom. The molecular formula is C16H18ClN3S. The van der Waals surface area contributed by atoms with Crippen molar-refractivity contribution in [3.63, 3.8) is 0 Å². The predicted molar refractivity (Wildman–Crippen MR) is 88.8 cm³/mol. The average Bonchev–Trinajstić information content (AvgIpc) is 2.86. The summed E-state index contributed by atoms with van der Waals surface area (Å²) in [6.07, 6.45) is 2.50. The molecule has 1 fully saturated rings. The van der Waals surface area contributed by atoms with Gasteiger partial charge in [0.15, 0.2) is 0 Å². The van der Waals surface area contributed by atoms with Gasteiger partial charge in [-0.2, -0.15) is 17.0 Å². The topological polar surface area (TPSA) is 41.6 Å². The smallest absolute Gasteiger partial charge is 0.127 e. The first-order chi connectivity index (χ1) is 10.2. The minimum absolute atomic E-state index is 0.124. The first-order valence-electron chi connectivity index (χ1n) is 7.31. The average molecular weight is 320 g/mol. The summed E-state index contributed by atoms with van der Waals surface area (Å²) in [5.41, 5.74) is 2.65. The number of nitrogens with zero attached hydrogens (tertiary/aromatic N) is 3. The Morgan fingerprint density at radius 3 is 2.90 bits per heavy atom. The van der Waals surface area contributed by atoms with Gasteiger partial charge in [-0.15, -0.1) is 11.6 Å². The molecule has 0 amide bonds. The Morgan fingerprint density at radius 2 is 2.24 bits per heavy atom. The lowest BCUT2D eigenvalue weighted by atomic mass is 10.0. The molecule has 21 heavy (non-hydrogen) atoms. The van der Waals surface area contributed by atoms with Crippen LogP contribution in [0.25, 0.3) is 11.0 Å². The molecule has 1 aromatic carbocycles. The van der Waals surface area contributed by atoms with Gasteiger partial charge in [0.05, 0.1) is 28.0 Å². The molecule has 0 radical (unpaired) electrons. The highest BCUT2D eigenvalue weighted by Gasteiger charge is 2.20. The van der Waals surface area contributed by atoms with E-state index in [1.54, 1.807) is 0 Å². The highest BCUT2D eigenvalue weighted by Crippen LogP contribution is 2.30. The molecule has 0 bridgehead atoms. The quantitative estimate of drug-likeness (QED) is 0.790. The predicted octanol–water partition coefficient (Wildman–Crippen LogP) is 4.35. The van der Waals surface area contributed by atoms with Crippen LogP contribution < -0.4 is 0 Å². The summed E-state index contributed by atoms with van der Waals surface area (Å²) < 4.78 is 2.23. The van der Waals surface area contributed by atoms with E-state index < -0.39 is 0 Å². The minimum Gasteiger partial charge on any atom is -0.326 e. The lowest BCUT2D eigenvalue weighted by molar-refractivity contribution is 0.415. The number of imidazole rings is 1. The van der Waals surface area contributed by atoms with Crippen molar-refractivity contribution in [2.45, 2.75) is 31.7 Å². The first kappa shape index (κ1) is 14.7. The zero-order valence-corrected chi connectivity index (χ0v) is 13.6. The van der Waals surface area contributed by atoms with Crippen LogP contribution in [0.1, 0.15) is 36.5 Å². The standard InChI is InChI=1S/C16H18ClN3S/c1-11(17)16-19-14-3-2-13(9-18)8-15(14)20(16)10-12-4-6-21-7-5-12/h2-3,8,11-12H,4-7,10H2,1H3. The minimum atomic E-state index is -0.124. The summed E-state index contributed by atoms with van der Waals surface area (Å²) in [5.74, 6) is 4.09. The van der Waals surface area contributed by atoms with Gasteiger partial charge in [0.25, 0.3) is 0 Å². The molecule has 1 aromatic heterocycles. The maximum Gasteiger partial charge on any atom is 0.127 e. The van der Waals surface area contributed by atoms with Crippen LogP contribution in [-0.4, -0.2) is 21.1 Å². The van der Waals surface area contributed by atoms with Crippen molar-refractivity contribution in [3.05, 3.63) is 29.6 Å². The number of thioether (sulfide) groups is 1. The Balaban J connectivity index is 2.03. The van der Waals surface area contributed by atoms with Gasteiger partial charge in [-0.05, 0) is 55.4 Å². The maximum absolute atomic E-state index is 9.12. The molecule has 2 aromatic rings. The molecule has 1 saturated heterocycles. The molecule has 1 unspecified atom stereocenters. The second-order valence-corrected chi connectivity index (χ2v) is 7.45.